The van der Waals surface area contributed by atoms with Crippen LogP contribution in [0.1, 0.15) is 55.7 Å². The van der Waals surface area contributed by atoms with Crippen LogP contribution in [0, 0.1) is 12.7 Å². The Balaban J connectivity index is 1.32. The van der Waals surface area contributed by atoms with Crippen LogP contribution < -0.4 is 10.6 Å². The van der Waals surface area contributed by atoms with Gasteiger partial charge in [0.1, 0.15) is 29.0 Å². The first-order valence-electron chi connectivity index (χ1n) is 12.2. The molecule has 2 aromatic heterocycles. The predicted molar refractivity (Wildman–Crippen MR) is 134 cm³/mol. The standard InChI is InChI=1S/C26H30F2N6O2/c1-15(2)34-16(3)31-25-20(27)10-18(11-22(25)34)24-21(28)13-30-26(33-24)32-23-5-4-17(12-29-23)14-36-19-6-8-35-9-7-19/h4-5,10-13,15,19,24H,6-9,14H2,1-3H3,(H2,29,30,32,33). The van der Waals surface area contributed by atoms with Crippen LogP contribution in [0.5, 0.6) is 0 Å². The lowest BCUT2D eigenvalue weighted by Crippen LogP contribution is -2.31. The number of aliphatic imine (C=N–C) groups is 1. The van der Waals surface area contributed by atoms with Crippen molar-refractivity contribution >= 4 is 22.8 Å². The van der Waals surface area contributed by atoms with E-state index in [9.17, 15) is 8.78 Å². The van der Waals surface area contributed by atoms with Gasteiger partial charge in [0, 0.05) is 31.7 Å². The summed E-state index contributed by atoms with van der Waals surface area (Å²) in [7, 11) is 0. The Bertz CT molecular complexity index is 1300. The molecule has 0 spiro atoms. The van der Waals surface area contributed by atoms with E-state index in [0.29, 0.717) is 35.3 Å². The molecule has 0 aliphatic carbocycles. The molecular weight excluding hydrogens is 466 g/mol. The Morgan fingerprint density at radius 3 is 2.75 bits per heavy atom. The molecule has 5 rings (SSSR count). The highest BCUT2D eigenvalue weighted by atomic mass is 19.1. The average Bonchev–Trinajstić information content (AvgIpc) is 3.22. The molecule has 1 unspecified atom stereocenters. The summed E-state index contributed by atoms with van der Waals surface area (Å²) in [5.41, 5.74) is 2.25. The third-order valence-electron chi connectivity index (χ3n) is 6.37. The number of aromatic nitrogens is 3. The van der Waals surface area contributed by atoms with Gasteiger partial charge in [-0.05, 0) is 62.9 Å². The number of pyridine rings is 1. The maximum atomic E-state index is 14.9. The van der Waals surface area contributed by atoms with Crippen LogP contribution in [0.15, 0.2) is 47.5 Å². The van der Waals surface area contributed by atoms with E-state index >= 15 is 0 Å². The summed E-state index contributed by atoms with van der Waals surface area (Å²) in [6, 6.07) is 5.88. The second-order valence-electron chi connectivity index (χ2n) is 9.35. The van der Waals surface area contributed by atoms with Gasteiger partial charge in [0.2, 0.25) is 5.96 Å². The van der Waals surface area contributed by atoms with Crippen molar-refractivity contribution in [2.45, 2.75) is 58.4 Å². The van der Waals surface area contributed by atoms with E-state index < -0.39 is 17.7 Å². The molecule has 0 radical (unpaired) electrons. The molecule has 0 saturated carbocycles. The van der Waals surface area contributed by atoms with Crippen molar-refractivity contribution in [3.8, 4) is 0 Å². The summed E-state index contributed by atoms with van der Waals surface area (Å²) in [5.74, 6) is 0.548. The van der Waals surface area contributed by atoms with E-state index in [1.807, 2.05) is 37.5 Å². The zero-order valence-electron chi connectivity index (χ0n) is 20.6. The van der Waals surface area contributed by atoms with Crippen LogP contribution in [0.4, 0.5) is 14.6 Å². The van der Waals surface area contributed by atoms with E-state index in [4.69, 9.17) is 9.47 Å². The number of hydrogen-bond donors (Lipinski definition) is 2. The second-order valence-corrected chi connectivity index (χ2v) is 9.35. The fourth-order valence-electron chi connectivity index (χ4n) is 4.61. The molecule has 2 aliphatic heterocycles. The SMILES string of the molecule is Cc1nc2c(F)cc(C3N=C(Nc4ccc(COC5CCOCC5)cn4)NC=C3F)cc2n1C(C)C. The molecule has 1 saturated heterocycles. The van der Waals surface area contributed by atoms with Crippen molar-refractivity contribution < 1.29 is 18.3 Å². The topological polar surface area (TPSA) is 85.6 Å². The third-order valence-corrected chi connectivity index (χ3v) is 6.37. The predicted octanol–water partition coefficient (Wildman–Crippen LogP) is 5.08. The average molecular weight is 497 g/mol. The molecule has 3 aromatic rings. The van der Waals surface area contributed by atoms with E-state index in [1.54, 1.807) is 12.3 Å². The lowest BCUT2D eigenvalue weighted by Gasteiger charge is -2.22. The number of guanidine groups is 1. The molecular formula is C26H30F2N6O2. The summed E-state index contributed by atoms with van der Waals surface area (Å²) in [6.07, 6.45) is 4.98. The van der Waals surface area contributed by atoms with Crippen molar-refractivity contribution in [1.82, 2.24) is 19.9 Å². The van der Waals surface area contributed by atoms with E-state index in [2.05, 4.69) is 25.6 Å². The highest BCUT2D eigenvalue weighted by Gasteiger charge is 2.25. The number of rotatable bonds is 6. The molecule has 36 heavy (non-hydrogen) atoms. The molecule has 1 atom stereocenters. The number of imidazole rings is 1. The first kappa shape index (κ1) is 24.3. The van der Waals surface area contributed by atoms with Gasteiger partial charge in [0.05, 0.1) is 18.2 Å². The van der Waals surface area contributed by atoms with Crippen molar-refractivity contribution in [2.75, 3.05) is 18.5 Å². The van der Waals surface area contributed by atoms with Crippen LogP contribution in [0.3, 0.4) is 0 Å². The van der Waals surface area contributed by atoms with Gasteiger partial charge in [-0.25, -0.2) is 23.7 Å². The minimum absolute atomic E-state index is 0.0786. The number of fused-ring (bicyclic) bond motifs is 1. The fourth-order valence-corrected chi connectivity index (χ4v) is 4.61. The smallest absolute Gasteiger partial charge is 0.202 e. The third kappa shape index (κ3) is 5.10. The number of nitrogens with zero attached hydrogens (tertiary/aromatic N) is 4. The summed E-state index contributed by atoms with van der Waals surface area (Å²) in [6.45, 7) is 7.78. The Hall–Kier alpha value is -3.37. The van der Waals surface area contributed by atoms with Crippen molar-refractivity contribution in [3.63, 3.8) is 0 Å². The minimum atomic E-state index is -0.990. The molecule has 10 heteroatoms. The van der Waals surface area contributed by atoms with E-state index in [0.717, 1.165) is 31.6 Å². The number of ether oxygens (including phenoxy) is 2. The Labute approximate surface area is 208 Å². The number of aryl methyl sites for hydroxylation is 1. The molecule has 190 valence electrons. The van der Waals surface area contributed by atoms with Gasteiger partial charge < -0.3 is 24.7 Å². The lowest BCUT2D eigenvalue weighted by molar-refractivity contribution is -0.0391. The zero-order valence-corrected chi connectivity index (χ0v) is 20.6. The van der Waals surface area contributed by atoms with E-state index in [1.165, 1.54) is 12.3 Å². The van der Waals surface area contributed by atoms with Gasteiger partial charge in [-0.15, -0.1) is 0 Å². The molecule has 0 bridgehead atoms. The molecule has 1 aromatic carbocycles. The largest absolute Gasteiger partial charge is 0.381 e. The van der Waals surface area contributed by atoms with Crippen molar-refractivity contribution in [1.29, 1.82) is 0 Å². The van der Waals surface area contributed by atoms with Gasteiger partial charge in [-0.2, -0.15) is 0 Å². The fraction of sp³-hybridized carbons (Fsp3) is 0.423. The molecule has 1 fully saturated rings. The number of hydrogen-bond acceptors (Lipinski definition) is 7. The van der Waals surface area contributed by atoms with Crippen LogP contribution in [0.25, 0.3) is 11.0 Å². The molecule has 0 amide bonds. The summed E-state index contributed by atoms with van der Waals surface area (Å²) in [5, 5.41) is 5.87. The lowest BCUT2D eigenvalue weighted by atomic mass is 10.0. The number of nitrogens with one attached hydrogen (secondary N) is 2. The first-order valence-corrected chi connectivity index (χ1v) is 12.2. The maximum Gasteiger partial charge on any atom is 0.202 e. The van der Waals surface area contributed by atoms with Gasteiger partial charge >= 0.3 is 0 Å². The van der Waals surface area contributed by atoms with Gasteiger partial charge in [-0.3, -0.25) is 0 Å². The summed E-state index contributed by atoms with van der Waals surface area (Å²) in [4.78, 5) is 13.2. The first-order chi connectivity index (χ1) is 17.4. The maximum absolute atomic E-state index is 14.9. The van der Waals surface area contributed by atoms with Gasteiger partial charge in [-0.1, -0.05) is 6.07 Å². The normalized spacial score (nSPS) is 18.8. The van der Waals surface area contributed by atoms with Crippen LogP contribution in [-0.4, -0.2) is 39.8 Å². The highest BCUT2D eigenvalue weighted by Crippen LogP contribution is 2.33. The number of benzene rings is 1. The van der Waals surface area contributed by atoms with Gasteiger partial charge in [0.15, 0.2) is 5.82 Å². The minimum Gasteiger partial charge on any atom is -0.381 e. The summed E-state index contributed by atoms with van der Waals surface area (Å²) < 4.78 is 43.0. The molecule has 8 nitrogen and oxygen atoms in total. The highest BCUT2D eigenvalue weighted by molar-refractivity contribution is 5.94. The van der Waals surface area contributed by atoms with Gasteiger partial charge in [0.25, 0.3) is 0 Å². The number of anilines is 1. The zero-order chi connectivity index (χ0) is 25.2. The molecule has 2 N–H and O–H groups in total. The summed E-state index contributed by atoms with van der Waals surface area (Å²) >= 11 is 0. The van der Waals surface area contributed by atoms with Crippen molar-refractivity contribution in [2.24, 2.45) is 4.99 Å². The van der Waals surface area contributed by atoms with Crippen LogP contribution >= 0.6 is 0 Å². The Morgan fingerprint density at radius 1 is 1.22 bits per heavy atom. The monoisotopic (exact) mass is 496 g/mol. The quantitative estimate of drug-likeness (QED) is 0.495. The Kier molecular flexibility index (Phi) is 6.97. The number of halogens is 2. The van der Waals surface area contributed by atoms with E-state index in [-0.39, 0.29) is 17.7 Å². The second kappa shape index (κ2) is 10.3. The van der Waals surface area contributed by atoms with Crippen molar-refractivity contribution in [3.05, 3.63) is 65.3 Å². The van der Waals surface area contributed by atoms with Crippen LogP contribution in [0.2, 0.25) is 0 Å². The Morgan fingerprint density at radius 2 is 2.03 bits per heavy atom. The van der Waals surface area contributed by atoms with Crippen LogP contribution in [-0.2, 0) is 16.1 Å². The molecule has 4 heterocycles. The molecule has 2 aliphatic rings.